The van der Waals surface area contributed by atoms with Crippen LogP contribution in [0.2, 0.25) is 0 Å². The number of hydrogen-bond acceptors (Lipinski definition) is 6. The minimum Gasteiger partial charge on any atom is -0.462 e. The molecule has 0 spiro atoms. The van der Waals surface area contributed by atoms with Gasteiger partial charge in [0, 0.05) is 19.3 Å². The van der Waals surface area contributed by atoms with Crippen LogP contribution < -0.4 is 0 Å². The van der Waals surface area contributed by atoms with Gasteiger partial charge in [-0.15, -0.1) is 0 Å². The third-order valence-electron chi connectivity index (χ3n) is 13.0. The van der Waals surface area contributed by atoms with Crippen molar-refractivity contribution >= 4 is 17.9 Å². The summed E-state index contributed by atoms with van der Waals surface area (Å²) < 4.78 is 16.9. The van der Waals surface area contributed by atoms with E-state index in [9.17, 15) is 14.4 Å². The van der Waals surface area contributed by atoms with Crippen molar-refractivity contribution in [3.8, 4) is 0 Å². The highest BCUT2D eigenvalue weighted by Gasteiger charge is 2.19. The zero-order valence-corrected chi connectivity index (χ0v) is 45.8. The summed E-state index contributed by atoms with van der Waals surface area (Å²) in [7, 11) is 0. The normalized spacial score (nSPS) is 12.4. The van der Waals surface area contributed by atoms with E-state index in [4.69, 9.17) is 14.2 Å². The molecule has 0 saturated heterocycles. The van der Waals surface area contributed by atoms with Crippen LogP contribution in [0.3, 0.4) is 0 Å². The highest BCUT2D eigenvalue weighted by atomic mass is 16.6. The van der Waals surface area contributed by atoms with Gasteiger partial charge in [0.25, 0.3) is 0 Å². The molecule has 0 N–H and O–H groups in total. The number of carbonyl (C=O) groups is 3. The molecule has 0 rings (SSSR count). The highest BCUT2D eigenvalue weighted by Crippen LogP contribution is 2.15. The Hall–Kier alpha value is -2.89. The van der Waals surface area contributed by atoms with E-state index < -0.39 is 6.10 Å². The first-order valence-corrected chi connectivity index (χ1v) is 29.8. The van der Waals surface area contributed by atoms with Gasteiger partial charge in [0.15, 0.2) is 6.10 Å². The van der Waals surface area contributed by atoms with Crippen LogP contribution in [0.1, 0.15) is 303 Å². The smallest absolute Gasteiger partial charge is 0.306 e. The average Bonchev–Trinajstić information content (AvgIpc) is 3.35. The molecule has 6 heteroatoms. The predicted molar refractivity (Wildman–Crippen MR) is 298 cm³/mol. The van der Waals surface area contributed by atoms with Crippen LogP contribution in [0.15, 0.2) is 60.8 Å². The number of hydrogen-bond donors (Lipinski definition) is 0. The fraction of sp³-hybridized carbons (Fsp3) is 0.794. The lowest BCUT2D eigenvalue weighted by Gasteiger charge is -2.18. The van der Waals surface area contributed by atoms with Crippen molar-refractivity contribution in [3.63, 3.8) is 0 Å². The van der Waals surface area contributed by atoms with Crippen molar-refractivity contribution in [2.24, 2.45) is 0 Å². The molecule has 0 aromatic carbocycles. The first kappa shape index (κ1) is 66.1. The summed E-state index contributed by atoms with van der Waals surface area (Å²) in [6, 6.07) is 0. The maximum absolute atomic E-state index is 12.9. The van der Waals surface area contributed by atoms with E-state index in [0.29, 0.717) is 19.3 Å². The van der Waals surface area contributed by atoms with Crippen molar-refractivity contribution in [3.05, 3.63) is 60.8 Å². The van der Waals surface area contributed by atoms with Crippen LogP contribution in [0, 0.1) is 0 Å². The lowest BCUT2D eigenvalue weighted by atomic mass is 10.1. The van der Waals surface area contributed by atoms with Gasteiger partial charge in [-0.25, -0.2) is 0 Å². The monoisotopic (exact) mass is 965 g/mol. The second kappa shape index (κ2) is 57.7. The molecular weight excluding hydrogens is 853 g/mol. The van der Waals surface area contributed by atoms with Gasteiger partial charge in [-0.2, -0.15) is 0 Å². The van der Waals surface area contributed by atoms with Crippen molar-refractivity contribution in [1.29, 1.82) is 0 Å². The molecule has 6 nitrogen and oxygen atoms in total. The molecule has 0 aromatic rings. The van der Waals surface area contributed by atoms with E-state index in [1.54, 1.807) is 0 Å². The van der Waals surface area contributed by atoms with E-state index >= 15 is 0 Å². The fourth-order valence-corrected chi connectivity index (χ4v) is 8.43. The Balaban J connectivity index is 4.38. The SMILES string of the molecule is CCCC/C=C\C/C=C\CCCCCCCC(=O)OCC(COC(=O)CCCCCCCCCCC/C=C\C/C=C\CCCCC)OC(=O)CCCCCCCCC/C=C\CCCCCCCCC. The number of ether oxygens (including phenoxy) is 3. The molecule has 400 valence electrons. The van der Waals surface area contributed by atoms with Gasteiger partial charge in [0.2, 0.25) is 0 Å². The largest absolute Gasteiger partial charge is 0.462 e. The fourth-order valence-electron chi connectivity index (χ4n) is 8.43. The standard InChI is InChI=1S/C63H112O6/c1-4-7-10-13-16-19-22-25-28-30-32-34-35-38-41-44-47-50-53-56-62(65)68-59-60(58-67-61(64)55-52-49-46-43-40-37-27-24-21-18-15-12-9-6-3)69-63(66)57-54-51-48-45-42-39-36-33-31-29-26-23-20-17-14-11-8-5-2/h15-16,18-19,24-25,27-29,31,60H,4-14,17,20-23,26,30,32-59H2,1-3H3/b18-15-,19-16-,27-24-,28-25-,31-29-. The number of allylic oxidation sites excluding steroid dienone is 10. The van der Waals surface area contributed by atoms with Crippen LogP contribution >= 0.6 is 0 Å². The van der Waals surface area contributed by atoms with Gasteiger partial charge in [0.05, 0.1) is 0 Å². The molecule has 0 aromatic heterocycles. The van der Waals surface area contributed by atoms with Gasteiger partial charge >= 0.3 is 17.9 Å². The molecule has 1 unspecified atom stereocenters. The van der Waals surface area contributed by atoms with Crippen LogP contribution in [-0.2, 0) is 28.6 Å². The molecule has 1 atom stereocenters. The van der Waals surface area contributed by atoms with E-state index in [-0.39, 0.29) is 31.1 Å². The number of esters is 3. The Morgan fingerprint density at radius 3 is 0.884 bits per heavy atom. The van der Waals surface area contributed by atoms with Crippen molar-refractivity contribution in [1.82, 2.24) is 0 Å². The first-order chi connectivity index (χ1) is 34.0. The molecule has 0 aliphatic rings. The number of carbonyl (C=O) groups excluding carboxylic acids is 3. The van der Waals surface area contributed by atoms with E-state index in [1.807, 2.05) is 0 Å². The van der Waals surface area contributed by atoms with Crippen LogP contribution in [-0.4, -0.2) is 37.2 Å². The Labute approximate surface area is 428 Å². The zero-order valence-electron chi connectivity index (χ0n) is 45.8. The molecular formula is C63H112O6. The topological polar surface area (TPSA) is 78.9 Å². The van der Waals surface area contributed by atoms with Gasteiger partial charge in [-0.3, -0.25) is 14.4 Å². The van der Waals surface area contributed by atoms with Gasteiger partial charge < -0.3 is 14.2 Å². The summed E-state index contributed by atoms with van der Waals surface area (Å²) >= 11 is 0. The van der Waals surface area contributed by atoms with Crippen molar-refractivity contribution < 1.29 is 28.6 Å². The molecule has 0 amide bonds. The number of unbranched alkanes of at least 4 members (excludes halogenated alkanes) is 33. The molecule has 0 aliphatic carbocycles. The molecule has 69 heavy (non-hydrogen) atoms. The number of rotatable bonds is 54. The average molecular weight is 966 g/mol. The molecule has 0 saturated carbocycles. The second-order valence-electron chi connectivity index (χ2n) is 19.9. The minimum atomic E-state index is -0.784. The van der Waals surface area contributed by atoms with Crippen LogP contribution in [0.4, 0.5) is 0 Å². The van der Waals surface area contributed by atoms with E-state index in [2.05, 4.69) is 81.5 Å². The molecule has 0 aliphatic heterocycles. The Morgan fingerprint density at radius 2 is 0.536 bits per heavy atom. The summed E-state index contributed by atoms with van der Waals surface area (Å²) in [5.74, 6) is -0.892. The summed E-state index contributed by atoms with van der Waals surface area (Å²) in [5.41, 5.74) is 0. The second-order valence-corrected chi connectivity index (χ2v) is 19.9. The first-order valence-electron chi connectivity index (χ1n) is 29.8. The summed E-state index contributed by atoms with van der Waals surface area (Å²) in [5, 5.41) is 0. The third-order valence-corrected chi connectivity index (χ3v) is 13.0. The van der Waals surface area contributed by atoms with Gasteiger partial charge in [-0.05, 0) is 103 Å². The summed E-state index contributed by atoms with van der Waals surface area (Å²) in [4.78, 5) is 38.2. The lowest BCUT2D eigenvalue weighted by molar-refractivity contribution is -0.167. The quantitative estimate of drug-likeness (QED) is 0.0262. The molecule has 0 heterocycles. The highest BCUT2D eigenvalue weighted by molar-refractivity contribution is 5.71. The summed E-state index contributed by atoms with van der Waals surface area (Å²) in [6.45, 7) is 6.58. The van der Waals surface area contributed by atoms with E-state index in [0.717, 1.165) is 83.5 Å². The van der Waals surface area contributed by atoms with Crippen molar-refractivity contribution in [2.75, 3.05) is 13.2 Å². The van der Waals surface area contributed by atoms with E-state index in [1.165, 1.54) is 180 Å². The predicted octanol–water partition coefficient (Wildman–Crippen LogP) is 20.0. The lowest BCUT2D eigenvalue weighted by Crippen LogP contribution is -2.30. The molecule has 0 fully saturated rings. The van der Waals surface area contributed by atoms with Crippen molar-refractivity contribution in [2.45, 2.75) is 309 Å². The maximum atomic E-state index is 12.9. The zero-order chi connectivity index (χ0) is 50.0. The molecule has 0 bridgehead atoms. The van der Waals surface area contributed by atoms with Crippen LogP contribution in [0.5, 0.6) is 0 Å². The summed E-state index contributed by atoms with van der Waals surface area (Å²) in [6.07, 6.45) is 72.1. The maximum Gasteiger partial charge on any atom is 0.306 e. The van der Waals surface area contributed by atoms with Crippen LogP contribution in [0.25, 0.3) is 0 Å². The Morgan fingerprint density at radius 1 is 0.290 bits per heavy atom. The van der Waals surface area contributed by atoms with Gasteiger partial charge in [0.1, 0.15) is 13.2 Å². The Bertz CT molecular complexity index is 1250. The third kappa shape index (κ3) is 55.9. The minimum absolute atomic E-state index is 0.0816. The Kier molecular flexibility index (Phi) is 55.3. The van der Waals surface area contributed by atoms with Gasteiger partial charge in [-0.1, -0.05) is 242 Å². The molecule has 0 radical (unpaired) electrons.